The van der Waals surface area contributed by atoms with Crippen LogP contribution in [0.4, 0.5) is 0 Å². The maximum absolute atomic E-state index is 6.30. The quantitative estimate of drug-likeness (QED) is 0.802. The lowest BCUT2D eigenvalue weighted by atomic mass is 10.0. The molecule has 1 aliphatic rings. The van der Waals surface area contributed by atoms with Gasteiger partial charge in [0, 0.05) is 5.56 Å². The summed E-state index contributed by atoms with van der Waals surface area (Å²) in [7, 11) is 0. The highest BCUT2D eigenvalue weighted by Gasteiger charge is 2.37. The minimum absolute atomic E-state index is 0.0556. The van der Waals surface area contributed by atoms with Crippen LogP contribution in [0.1, 0.15) is 38.3 Å². The van der Waals surface area contributed by atoms with E-state index in [0.717, 1.165) is 24.9 Å². The fourth-order valence-corrected chi connectivity index (χ4v) is 3.03. The molecule has 1 aliphatic heterocycles. The van der Waals surface area contributed by atoms with Gasteiger partial charge < -0.3 is 10.1 Å². The Kier molecular flexibility index (Phi) is 4.65. The third kappa shape index (κ3) is 2.44. The number of ether oxygens (including phenoxy) is 1. The molecule has 0 amide bonds. The zero-order chi connectivity index (χ0) is 13.3. The van der Waals surface area contributed by atoms with E-state index in [1.165, 1.54) is 0 Å². The van der Waals surface area contributed by atoms with Crippen molar-refractivity contribution in [2.24, 2.45) is 0 Å². The molecule has 0 fully saturated rings. The molecule has 0 saturated carbocycles. The summed E-state index contributed by atoms with van der Waals surface area (Å²) >= 11 is 18.6. The van der Waals surface area contributed by atoms with Crippen LogP contribution in [-0.2, 0) is 0 Å². The van der Waals surface area contributed by atoms with E-state index in [9.17, 15) is 0 Å². The highest BCUT2D eigenvalue weighted by molar-refractivity contribution is 6.44. The summed E-state index contributed by atoms with van der Waals surface area (Å²) in [5, 5.41) is 5.00. The fourth-order valence-electron chi connectivity index (χ4n) is 2.25. The molecule has 1 N–H and O–H groups in total. The first kappa shape index (κ1) is 14.3. The molecule has 100 valence electrons. The van der Waals surface area contributed by atoms with Crippen LogP contribution < -0.4 is 10.1 Å². The van der Waals surface area contributed by atoms with Gasteiger partial charge in [0.1, 0.15) is 11.9 Å². The monoisotopic (exact) mass is 307 g/mol. The maximum atomic E-state index is 6.30. The molecule has 5 heteroatoms. The molecule has 0 saturated heterocycles. The van der Waals surface area contributed by atoms with E-state index < -0.39 is 0 Å². The number of fused-ring (bicyclic) bond motifs is 1. The van der Waals surface area contributed by atoms with Crippen molar-refractivity contribution >= 4 is 34.8 Å². The second-order valence-electron chi connectivity index (χ2n) is 4.39. The van der Waals surface area contributed by atoms with Crippen LogP contribution in [-0.4, -0.2) is 12.6 Å². The van der Waals surface area contributed by atoms with Gasteiger partial charge in [0.15, 0.2) is 0 Å². The zero-order valence-electron chi connectivity index (χ0n) is 10.4. The standard InChI is InChI=1S/C13H16Cl3NO/c1-3-5-17-12-9(4-2)18-13-8(15)6-7(14)11(16)10(12)13/h6,9,12,17H,3-5H2,1-2H3. The molecule has 2 atom stereocenters. The number of nitrogens with one attached hydrogen (secondary N) is 1. The van der Waals surface area contributed by atoms with Crippen LogP contribution in [0.15, 0.2) is 6.07 Å². The number of hydrogen-bond acceptors (Lipinski definition) is 2. The lowest BCUT2D eigenvalue weighted by molar-refractivity contribution is 0.185. The Morgan fingerprint density at radius 2 is 1.94 bits per heavy atom. The van der Waals surface area contributed by atoms with Crippen molar-refractivity contribution in [3.05, 3.63) is 26.7 Å². The van der Waals surface area contributed by atoms with Gasteiger partial charge in [0.05, 0.1) is 21.1 Å². The molecule has 18 heavy (non-hydrogen) atoms. The predicted molar refractivity (Wildman–Crippen MR) is 77.2 cm³/mol. The Morgan fingerprint density at radius 3 is 2.56 bits per heavy atom. The van der Waals surface area contributed by atoms with Crippen molar-refractivity contribution in [2.75, 3.05) is 6.54 Å². The second-order valence-corrected chi connectivity index (χ2v) is 5.59. The molecule has 1 aromatic carbocycles. The molecule has 2 rings (SSSR count). The van der Waals surface area contributed by atoms with Gasteiger partial charge in [-0.2, -0.15) is 0 Å². The van der Waals surface area contributed by atoms with Crippen LogP contribution in [0, 0.1) is 0 Å². The van der Waals surface area contributed by atoms with Crippen molar-refractivity contribution in [1.29, 1.82) is 0 Å². The van der Waals surface area contributed by atoms with E-state index >= 15 is 0 Å². The summed E-state index contributed by atoms with van der Waals surface area (Å²) in [4.78, 5) is 0. The average molecular weight is 309 g/mol. The molecule has 0 spiro atoms. The molecule has 0 aromatic heterocycles. The lowest BCUT2D eigenvalue weighted by Gasteiger charge is -2.19. The van der Waals surface area contributed by atoms with Gasteiger partial charge in [-0.25, -0.2) is 0 Å². The number of halogens is 3. The molecular weight excluding hydrogens is 293 g/mol. The third-order valence-corrected chi connectivity index (χ3v) is 4.21. The van der Waals surface area contributed by atoms with Crippen molar-refractivity contribution in [1.82, 2.24) is 5.32 Å². The van der Waals surface area contributed by atoms with Crippen molar-refractivity contribution in [3.63, 3.8) is 0 Å². The van der Waals surface area contributed by atoms with E-state index in [1.807, 2.05) is 0 Å². The highest BCUT2D eigenvalue weighted by atomic mass is 35.5. The van der Waals surface area contributed by atoms with Crippen molar-refractivity contribution in [2.45, 2.75) is 38.8 Å². The van der Waals surface area contributed by atoms with Gasteiger partial charge in [-0.15, -0.1) is 0 Å². The van der Waals surface area contributed by atoms with E-state index in [4.69, 9.17) is 39.5 Å². The summed E-state index contributed by atoms with van der Waals surface area (Å²) in [5.74, 6) is 0.673. The summed E-state index contributed by atoms with van der Waals surface area (Å²) in [5.41, 5.74) is 0.898. The summed E-state index contributed by atoms with van der Waals surface area (Å²) < 4.78 is 5.89. The van der Waals surface area contributed by atoms with Crippen molar-refractivity contribution < 1.29 is 4.74 Å². The molecular formula is C13H16Cl3NO. The molecule has 2 nitrogen and oxygen atoms in total. The number of rotatable bonds is 4. The number of hydrogen-bond donors (Lipinski definition) is 1. The van der Waals surface area contributed by atoms with Crippen LogP contribution in [0.2, 0.25) is 15.1 Å². The first-order valence-electron chi connectivity index (χ1n) is 6.17. The van der Waals surface area contributed by atoms with E-state index in [0.29, 0.717) is 20.8 Å². The molecule has 1 heterocycles. The molecule has 2 unspecified atom stereocenters. The molecule has 0 bridgehead atoms. The van der Waals surface area contributed by atoms with E-state index in [2.05, 4.69) is 19.2 Å². The summed E-state index contributed by atoms with van der Waals surface area (Å²) in [6, 6.07) is 1.70. The van der Waals surface area contributed by atoms with Crippen LogP contribution in [0.5, 0.6) is 5.75 Å². The smallest absolute Gasteiger partial charge is 0.144 e. The molecule has 0 radical (unpaired) electrons. The first-order valence-corrected chi connectivity index (χ1v) is 7.30. The summed E-state index contributed by atoms with van der Waals surface area (Å²) in [6.45, 7) is 5.11. The Morgan fingerprint density at radius 1 is 1.22 bits per heavy atom. The van der Waals surface area contributed by atoms with E-state index in [1.54, 1.807) is 6.07 Å². The first-order chi connectivity index (χ1) is 8.60. The lowest BCUT2D eigenvalue weighted by Crippen LogP contribution is -2.31. The Bertz CT molecular complexity index is 450. The third-order valence-electron chi connectivity index (χ3n) is 3.13. The van der Waals surface area contributed by atoms with Gasteiger partial charge in [-0.05, 0) is 25.5 Å². The highest BCUT2D eigenvalue weighted by Crippen LogP contribution is 2.48. The molecule has 0 aliphatic carbocycles. The van der Waals surface area contributed by atoms with Gasteiger partial charge in [-0.3, -0.25) is 0 Å². The predicted octanol–water partition coefficient (Wildman–Crippen LogP) is 4.86. The minimum Gasteiger partial charge on any atom is -0.486 e. The Balaban J connectivity index is 2.44. The Labute approximate surface area is 123 Å². The SMILES string of the molecule is CCCNC1c2c(Cl)c(Cl)cc(Cl)c2OC1CC. The Hall–Kier alpha value is -0.150. The molecule has 1 aromatic rings. The minimum atomic E-state index is 0.0556. The van der Waals surface area contributed by atoms with Gasteiger partial charge in [-0.1, -0.05) is 48.7 Å². The largest absolute Gasteiger partial charge is 0.486 e. The average Bonchev–Trinajstić information content (AvgIpc) is 2.72. The number of benzene rings is 1. The van der Waals surface area contributed by atoms with Crippen LogP contribution in [0.25, 0.3) is 0 Å². The summed E-state index contributed by atoms with van der Waals surface area (Å²) in [6.07, 6.45) is 1.99. The van der Waals surface area contributed by atoms with E-state index in [-0.39, 0.29) is 12.1 Å². The topological polar surface area (TPSA) is 21.3 Å². The zero-order valence-corrected chi connectivity index (χ0v) is 12.7. The normalized spacial score (nSPS) is 21.8. The fraction of sp³-hybridized carbons (Fsp3) is 0.538. The van der Waals surface area contributed by atoms with Gasteiger partial charge in [0.2, 0.25) is 0 Å². The second kappa shape index (κ2) is 5.87. The van der Waals surface area contributed by atoms with Gasteiger partial charge in [0.25, 0.3) is 0 Å². The van der Waals surface area contributed by atoms with Crippen molar-refractivity contribution in [3.8, 4) is 5.75 Å². The maximum Gasteiger partial charge on any atom is 0.144 e. The van der Waals surface area contributed by atoms with Crippen LogP contribution in [0.3, 0.4) is 0 Å². The van der Waals surface area contributed by atoms with Crippen LogP contribution >= 0.6 is 34.8 Å². The van der Waals surface area contributed by atoms with Gasteiger partial charge >= 0.3 is 0 Å².